The number of hydrogen-bond acceptors (Lipinski definition) is 2. The van der Waals surface area contributed by atoms with E-state index in [9.17, 15) is 0 Å². The smallest absolute Gasteiger partial charge is 0.109 e. The summed E-state index contributed by atoms with van der Waals surface area (Å²) in [6, 6.07) is 0.677. The van der Waals surface area contributed by atoms with Gasteiger partial charge in [-0.2, -0.15) is 11.2 Å². The van der Waals surface area contributed by atoms with Crippen molar-refractivity contribution in [3.63, 3.8) is 0 Å². The molecular formula is C15H29NSSi. The first-order chi connectivity index (χ1) is 8.54. The standard InChI is InChI=1S/C15H29NSSi/c1-18(2,3)17-15-12-8-7-11-14(15)16-13-9-5-4-6-10-13/h13,15H,4-12H2,1-3H3. The van der Waals surface area contributed by atoms with Crippen molar-refractivity contribution in [3.05, 3.63) is 0 Å². The van der Waals surface area contributed by atoms with E-state index < -0.39 is 7.22 Å². The summed E-state index contributed by atoms with van der Waals surface area (Å²) >= 11 is 2.28. The molecule has 0 N–H and O–H groups in total. The molecule has 2 aliphatic rings. The predicted octanol–water partition coefficient (Wildman–Crippen LogP) is 5.27. The van der Waals surface area contributed by atoms with Gasteiger partial charge in [-0.25, -0.2) is 0 Å². The Hall–Kier alpha value is 0.237. The summed E-state index contributed by atoms with van der Waals surface area (Å²) in [5, 5.41) is 0.771. The van der Waals surface area contributed by atoms with E-state index in [1.165, 1.54) is 57.8 Å². The fourth-order valence-electron chi connectivity index (χ4n) is 3.11. The second-order valence-electron chi connectivity index (χ2n) is 6.88. The number of nitrogens with zero attached hydrogens (tertiary/aromatic N) is 1. The van der Waals surface area contributed by atoms with E-state index in [4.69, 9.17) is 4.99 Å². The van der Waals surface area contributed by atoms with Gasteiger partial charge in [-0.15, -0.1) is 0 Å². The molecule has 1 atom stereocenters. The third kappa shape index (κ3) is 4.73. The number of hydrogen-bond donors (Lipinski definition) is 0. The van der Waals surface area contributed by atoms with E-state index in [1.54, 1.807) is 5.71 Å². The summed E-state index contributed by atoms with van der Waals surface area (Å²) in [5.41, 5.74) is 1.58. The SMILES string of the molecule is C[Si](C)(C)SC1CCCCC1=NC1CCCCC1. The minimum absolute atomic E-state index is 0.677. The lowest BCUT2D eigenvalue weighted by atomic mass is 9.94. The average Bonchev–Trinajstić information content (AvgIpc) is 2.31. The molecular weight excluding hydrogens is 254 g/mol. The molecule has 0 saturated heterocycles. The van der Waals surface area contributed by atoms with Crippen LogP contribution in [0.1, 0.15) is 57.8 Å². The molecule has 3 heteroatoms. The number of rotatable bonds is 3. The van der Waals surface area contributed by atoms with Crippen molar-refractivity contribution < 1.29 is 0 Å². The molecule has 2 saturated carbocycles. The molecule has 0 aromatic carbocycles. The van der Waals surface area contributed by atoms with Crippen molar-refractivity contribution in [2.75, 3.05) is 0 Å². The third-order valence-corrected chi connectivity index (χ3v) is 8.41. The van der Waals surface area contributed by atoms with Crippen molar-refractivity contribution in [2.45, 2.75) is 88.7 Å². The largest absolute Gasteiger partial charge is 0.290 e. The highest BCUT2D eigenvalue weighted by molar-refractivity contribution is 8.29. The normalized spacial score (nSPS) is 29.7. The van der Waals surface area contributed by atoms with Gasteiger partial charge in [-0.1, -0.05) is 45.3 Å². The molecule has 0 spiro atoms. The van der Waals surface area contributed by atoms with Gasteiger partial charge in [0.25, 0.3) is 0 Å². The third-order valence-electron chi connectivity index (χ3n) is 3.94. The van der Waals surface area contributed by atoms with Crippen LogP contribution in [0.2, 0.25) is 19.6 Å². The number of aliphatic imine (C=N–C) groups is 1. The monoisotopic (exact) mass is 283 g/mol. The Morgan fingerprint density at radius 2 is 1.61 bits per heavy atom. The van der Waals surface area contributed by atoms with Crippen LogP contribution in [0, 0.1) is 0 Å². The molecule has 0 aromatic heterocycles. The van der Waals surface area contributed by atoms with Gasteiger partial charge in [0.1, 0.15) is 7.22 Å². The molecule has 18 heavy (non-hydrogen) atoms. The van der Waals surface area contributed by atoms with Crippen LogP contribution in [0.15, 0.2) is 4.99 Å². The summed E-state index contributed by atoms with van der Waals surface area (Å²) in [5.74, 6) is 0. The highest BCUT2D eigenvalue weighted by Gasteiger charge is 2.27. The van der Waals surface area contributed by atoms with Gasteiger partial charge in [0.2, 0.25) is 0 Å². The highest BCUT2D eigenvalue weighted by Crippen LogP contribution is 2.34. The lowest BCUT2D eigenvalue weighted by Crippen LogP contribution is -2.30. The van der Waals surface area contributed by atoms with Crippen molar-refractivity contribution in [1.82, 2.24) is 0 Å². The van der Waals surface area contributed by atoms with E-state index in [-0.39, 0.29) is 0 Å². The van der Waals surface area contributed by atoms with Gasteiger partial charge in [0.05, 0.1) is 0 Å². The Morgan fingerprint density at radius 1 is 0.944 bits per heavy atom. The Morgan fingerprint density at radius 3 is 2.28 bits per heavy atom. The second-order valence-corrected chi connectivity index (χ2v) is 16.3. The van der Waals surface area contributed by atoms with Gasteiger partial charge in [-0.05, 0) is 32.1 Å². The average molecular weight is 284 g/mol. The van der Waals surface area contributed by atoms with Crippen molar-refractivity contribution in [2.24, 2.45) is 4.99 Å². The Balaban J connectivity index is 1.99. The summed E-state index contributed by atoms with van der Waals surface area (Å²) in [6.45, 7) is 7.43. The molecule has 1 nitrogen and oxygen atoms in total. The maximum absolute atomic E-state index is 5.18. The van der Waals surface area contributed by atoms with E-state index in [1.807, 2.05) is 0 Å². The first kappa shape index (κ1) is 14.6. The molecule has 0 aliphatic heterocycles. The second kappa shape index (κ2) is 6.60. The molecule has 0 radical (unpaired) electrons. The Bertz CT molecular complexity index is 289. The van der Waals surface area contributed by atoms with E-state index in [2.05, 4.69) is 30.9 Å². The molecule has 2 fully saturated rings. The topological polar surface area (TPSA) is 12.4 Å². The van der Waals surface area contributed by atoms with Gasteiger partial charge in [0.15, 0.2) is 0 Å². The van der Waals surface area contributed by atoms with Crippen LogP contribution < -0.4 is 0 Å². The van der Waals surface area contributed by atoms with Crippen LogP contribution in [-0.4, -0.2) is 24.2 Å². The lowest BCUT2D eigenvalue weighted by Gasteiger charge is -2.30. The van der Waals surface area contributed by atoms with Crippen LogP contribution in [0.5, 0.6) is 0 Å². The summed E-state index contributed by atoms with van der Waals surface area (Å²) in [4.78, 5) is 5.18. The zero-order chi connectivity index (χ0) is 13.0. The molecule has 0 amide bonds. The lowest BCUT2D eigenvalue weighted by molar-refractivity contribution is 0.441. The summed E-state index contributed by atoms with van der Waals surface area (Å²) < 4.78 is 0. The maximum Gasteiger partial charge on any atom is 0.109 e. The zero-order valence-electron chi connectivity index (χ0n) is 12.4. The van der Waals surface area contributed by atoms with Crippen LogP contribution in [0.4, 0.5) is 0 Å². The molecule has 0 heterocycles. The maximum atomic E-state index is 5.18. The highest BCUT2D eigenvalue weighted by atomic mass is 32.4. The molecule has 1 unspecified atom stereocenters. The van der Waals surface area contributed by atoms with Crippen LogP contribution in [-0.2, 0) is 0 Å². The van der Waals surface area contributed by atoms with Gasteiger partial charge >= 0.3 is 0 Å². The first-order valence-corrected chi connectivity index (χ1v) is 12.9. The van der Waals surface area contributed by atoms with Crippen molar-refractivity contribution >= 4 is 24.1 Å². The molecule has 2 aliphatic carbocycles. The quantitative estimate of drug-likeness (QED) is 0.643. The Kier molecular flexibility index (Phi) is 5.37. The predicted molar refractivity (Wildman–Crippen MR) is 87.5 cm³/mol. The first-order valence-electron chi connectivity index (χ1n) is 7.79. The van der Waals surface area contributed by atoms with Crippen LogP contribution >= 0.6 is 11.2 Å². The van der Waals surface area contributed by atoms with Crippen LogP contribution in [0.3, 0.4) is 0 Å². The minimum Gasteiger partial charge on any atom is -0.290 e. The van der Waals surface area contributed by atoms with Gasteiger partial charge < -0.3 is 0 Å². The summed E-state index contributed by atoms with van der Waals surface area (Å²) in [6.07, 6.45) is 12.5. The van der Waals surface area contributed by atoms with Gasteiger partial charge in [0, 0.05) is 17.0 Å². The van der Waals surface area contributed by atoms with Crippen molar-refractivity contribution in [3.8, 4) is 0 Å². The fourth-order valence-corrected chi connectivity index (χ4v) is 7.88. The Labute approximate surface area is 118 Å². The van der Waals surface area contributed by atoms with E-state index in [0.717, 1.165) is 5.25 Å². The summed E-state index contributed by atoms with van der Waals surface area (Å²) in [7, 11) is -1.02. The molecule has 0 aromatic rings. The van der Waals surface area contributed by atoms with E-state index in [0.29, 0.717) is 6.04 Å². The molecule has 0 bridgehead atoms. The van der Waals surface area contributed by atoms with Crippen LogP contribution in [0.25, 0.3) is 0 Å². The molecule has 2 rings (SSSR count). The fraction of sp³-hybridized carbons (Fsp3) is 0.933. The van der Waals surface area contributed by atoms with Gasteiger partial charge in [-0.3, -0.25) is 4.99 Å². The van der Waals surface area contributed by atoms with Crippen molar-refractivity contribution in [1.29, 1.82) is 0 Å². The van der Waals surface area contributed by atoms with E-state index >= 15 is 0 Å². The molecule has 104 valence electrons. The minimum atomic E-state index is -1.02. The zero-order valence-corrected chi connectivity index (χ0v) is 14.2.